The van der Waals surface area contributed by atoms with Crippen LogP contribution in [-0.4, -0.2) is 29.5 Å². The zero-order valence-electron chi connectivity index (χ0n) is 10.8. The maximum atomic E-state index is 5.70. The van der Waals surface area contributed by atoms with Gasteiger partial charge in [-0.3, -0.25) is 4.98 Å². The van der Waals surface area contributed by atoms with Crippen LogP contribution in [0.15, 0.2) is 25.0 Å². The van der Waals surface area contributed by atoms with E-state index in [-0.39, 0.29) is 0 Å². The van der Waals surface area contributed by atoms with E-state index in [9.17, 15) is 0 Å². The van der Waals surface area contributed by atoms with Crippen molar-refractivity contribution in [3.05, 3.63) is 35.9 Å². The molecule has 3 heterocycles. The smallest absolute Gasteiger partial charge is 0.165 e. The molecular formula is C12H12ClN7. The molecule has 8 heteroatoms. The zero-order valence-corrected chi connectivity index (χ0v) is 11.5. The van der Waals surface area contributed by atoms with Crippen molar-refractivity contribution in [3.63, 3.8) is 0 Å². The Morgan fingerprint density at radius 3 is 2.80 bits per heavy atom. The van der Waals surface area contributed by atoms with E-state index in [4.69, 9.17) is 11.6 Å². The number of imidazole rings is 1. The van der Waals surface area contributed by atoms with E-state index in [2.05, 4.69) is 30.2 Å². The lowest BCUT2D eigenvalue weighted by Crippen LogP contribution is -2.05. The summed E-state index contributed by atoms with van der Waals surface area (Å²) in [6, 6.07) is 0. The second-order valence-corrected chi connectivity index (χ2v) is 4.50. The zero-order chi connectivity index (χ0) is 13.9. The number of anilines is 1. The van der Waals surface area contributed by atoms with Gasteiger partial charge in [-0.15, -0.1) is 0 Å². The van der Waals surface area contributed by atoms with E-state index in [1.165, 1.54) is 12.5 Å². The van der Waals surface area contributed by atoms with Crippen LogP contribution in [0.1, 0.15) is 12.6 Å². The Hall–Kier alpha value is -2.28. The molecule has 1 N–H and O–H groups in total. The highest BCUT2D eigenvalue weighted by molar-refractivity contribution is 6.29. The molecule has 0 spiro atoms. The first-order valence-electron chi connectivity index (χ1n) is 6.14. The van der Waals surface area contributed by atoms with E-state index in [1.807, 2.05) is 11.5 Å². The molecule has 0 atom stereocenters. The first-order chi connectivity index (χ1) is 9.78. The lowest BCUT2D eigenvalue weighted by molar-refractivity contribution is 0.777. The minimum atomic E-state index is 0.375. The van der Waals surface area contributed by atoms with Crippen molar-refractivity contribution < 1.29 is 0 Å². The first-order valence-corrected chi connectivity index (χ1v) is 6.52. The predicted octanol–water partition coefficient (Wildman–Crippen LogP) is 1.90. The molecule has 0 fully saturated rings. The summed E-state index contributed by atoms with van der Waals surface area (Å²) in [5, 5.41) is 3.56. The molecule has 0 aliphatic heterocycles. The van der Waals surface area contributed by atoms with Gasteiger partial charge < -0.3 is 9.88 Å². The number of aryl methyl sites for hydroxylation is 1. The van der Waals surface area contributed by atoms with Crippen molar-refractivity contribution in [2.75, 3.05) is 5.32 Å². The number of nitrogens with one attached hydrogen (secondary N) is 1. The fourth-order valence-electron chi connectivity index (χ4n) is 1.85. The Morgan fingerprint density at radius 2 is 2.05 bits per heavy atom. The molecule has 0 aliphatic rings. The summed E-state index contributed by atoms with van der Waals surface area (Å²) in [7, 11) is 0. The van der Waals surface area contributed by atoms with Crippen molar-refractivity contribution in [1.82, 2.24) is 29.5 Å². The van der Waals surface area contributed by atoms with Crippen LogP contribution in [0.4, 0.5) is 5.82 Å². The monoisotopic (exact) mass is 289 g/mol. The SMILES string of the molecule is CCn1cnc2c(NCc3cnc(Cl)cn3)ncnc21. The first kappa shape index (κ1) is 12.7. The van der Waals surface area contributed by atoms with Crippen LogP contribution in [0.2, 0.25) is 5.15 Å². The molecule has 0 radical (unpaired) electrons. The maximum absolute atomic E-state index is 5.70. The third-order valence-electron chi connectivity index (χ3n) is 2.85. The molecule has 0 bridgehead atoms. The molecule has 7 nitrogen and oxygen atoms in total. The van der Waals surface area contributed by atoms with Gasteiger partial charge in [0.1, 0.15) is 17.0 Å². The average Bonchev–Trinajstić information content (AvgIpc) is 2.90. The summed E-state index contributed by atoms with van der Waals surface area (Å²) in [6.45, 7) is 3.35. The Kier molecular flexibility index (Phi) is 3.42. The molecule has 3 rings (SSSR count). The minimum Gasteiger partial charge on any atom is -0.362 e. The van der Waals surface area contributed by atoms with Gasteiger partial charge in [0.25, 0.3) is 0 Å². The van der Waals surface area contributed by atoms with Crippen LogP contribution in [0, 0.1) is 0 Å². The molecule has 0 saturated carbocycles. The van der Waals surface area contributed by atoms with E-state index in [1.54, 1.807) is 12.5 Å². The van der Waals surface area contributed by atoms with Crippen molar-refractivity contribution >= 4 is 28.6 Å². The Labute approximate surface area is 120 Å². The molecule has 0 aliphatic carbocycles. The van der Waals surface area contributed by atoms with Gasteiger partial charge in [-0.25, -0.2) is 19.9 Å². The van der Waals surface area contributed by atoms with E-state index < -0.39 is 0 Å². The third-order valence-corrected chi connectivity index (χ3v) is 3.05. The highest BCUT2D eigenvalue weighted by Crippen LogP contribution is 2.17. The highest BCUT2D eigenvalue weighted by Gasteiger charge is 2.09. The summed E-state index contributed by atoms with van der Waals surface area (Å²) >= 11 is 5.70. The lowest BCUT2D eigenvalue weighted by atomic mass is 10.4. The van der Waals surface area contributed by atoms with Crippen LogP contribution in [-0.2, 0) is 13.1 Å². The molecule has 0 aromatic carbocycles. The van der Waals surface area contributed by atoms with E-state index >= 15 is 0 Å². The van der Waals surface area contributed by atoms with Crippen molar-refractivity contribution in [2.24, 2.45) is 0 Å². The summed E-state index contributed by atoms with van der Waals surface area (Å²) in [5.74, 6) is 0.680. The molecule has 0 saturated heterocycles. The standard InChI is InChI=1S/C12H12ClN7/c1-2-20-7-19-10-11(17-6-18-12(10)20)16-4-8-3-15-9(13)5-14-8/h3,5-7H,2,4H2,1H3,(H,16,17,18). The molecule has 0 unspecified atom stereocenters. The number of hydrogen-bond acceptors (Lipinski definition) is 6. The lowest BCUT2D eigenvalue weighted by Gasteiger charge is -2.05. The number of rotatable bonds is 4. The fourth-order valence-corrected chi connectivity index (χ4v) is 1.94. The van der Waals surface area contributed by atoms with Crippen LogP contribution in [0.5, 0.6) is 0 Å². The van der Waals surface area contributed by atoms with Gasteiger partial charge in [-0.05, 0) is 6.92 Å². The molecule has 3 aromatic heterocycles. The minimum absolute atomic E-state index is 0.375. The molecule has 3 aromatic rings. The maximum Gasteiger partial charge on any atom is 0.165 e. The Morgan fingerprint density at radius 1 is 1.15 bits per heavy atom. The highest BCUT2D eigenvalue weighted by atomic mass is 35.5. The summed E-state index contributed by atoms with van der Waals surface area (Å²) in [5.41, 5.74) is 2.33. The molecule has 0 amide bonds. The summed E-state index contributed by atoms with van der Waals surface area (Å²) in [4.78, 5) is 20.9. The van der Waals surface area contributed by atoms with Gasteiger partial charge in [0, 0.05) is 6.54 Å². The van der Waals surface area contributed by atoms with Gasteiger partial charge in [0.05, 0.1) is 31.0 Å². The van der Waals surface area contributed by atoms with Crippen LogP contribution >= 0.6 is 11.6 Å². The number of fused-ring (bicyclic) bond motifs is 1. The van der Waals surface area contributed by atoms with Crippen molar-refractivity contribution in [3.8, 4) is 0 Å². The summed E-state index contributed by atoms with van der Waals surface area (Å²) < 4.78 is 1.96. The van der Waals surface area contributed by atoms with Gasteiger partial charge in [0.2, 0.25) is 0 Å². The topological polar surface area (TPSA) is 81.4 Å². The van der Waals surface area contributed by atoms with Crippen LogP contribution < -0.4 is 5.32 Å². The predicted molar refractivity (Wildman–Crippen MR) is 75.4 cm³/mol. The van der Waals surface area contributed by atoms with Gasteiger partial charge in [-0.1, -0.05) is 11.6 Å². The Bertz CT molecular complexity index is 722. The molecular weight excluding hydrogens is 278 g/mol. The van der Waals surface area contributed by atoms with Crippen molar-refractivity contribution in [2.45, 2.75) is 20.0 Å². The second-order valence-electron chi connectivity index (χ2n) is 4.11. The van der Waals surface area contributed by atoms with Gasteiger partial charge in [0.15, 0.2) is 11.5 Å². The van der Waals surface area contributed by atoms with Gasteiger partial charge >= 0.3 is 0 Å². The van der Waals surface area contributed by atoms with E-state index in [0.717, 1.165) is 23.4 Å². The number of nitrogens with zero attached hydrogens (tertiary/aromatic N) is 6. The number of aromatic nitrogens is 6. The number of hydrogen-bond donors (Lipinski definition) is 1. The molecule has 20 heavy (non-hydrogen) atoms. The average molecular weight is 290 g/mol. The fraction of sp³-hybridized carbons (Fsp3) is 0.250. The number of halogens is 1. The van der Waals surface area contributed by atoms with Crippen LogP contribution in [0.25, 0.3) is 11.2 Å². The normalized spacial score (nSPS) is 10.9. The van der Waals surface area contributed by atoms with Crippen molar-refractivity contribution in [1.29, 1.82) is 0 Å². The van der Waals surface area contributed by atoms with E-state index in [0.29, 0.717) is 17.5 Å². The largest absolute Gasteiger partial charge is 0.362 e. The third kappa shape index (κ3) is 2.39. The Balaban J connectivity index is 1.84. The molecule has 102 valence electrons. The quantitative estimate of drug-likeness (QED) is 0.790. The van der Waals surface area contributed by atoms with Crippen LogP contribution in [0.3, 0.4) is 0 Å². The second kappa shape index (κ2) is 5.38. The summed E-state index contributed by atoms with van der Waals surface area (Å²) in [6.07, 6.45) is 6.41. The van der Waals surface area contributed by atoms with Gasteiger partial charge in [-0.2, -0.15) is 0 Å².